The minimum absolute atomic E-state index is 0.778. The lowest BCUT2D eigenvalue weighted by atomic mass is 10.1. The molecule has 3 heteroatoms. The van der Waals surface area contributed by atoms with Gasteiger partial charge in [-0.3, -0.25) is 0 Å². The number of rotatable bonds is 0. The number of hydrogen-bond donors (Lipinski definition) is 0. The van der Waals surface area contributed by atoms with Gasteiger partial charge in [-0.25, -0.2) is 0 Å². The van der Waals surface area contributed by atoms with Crippen LogP contribution in [0.15, 0.2) is 36.4 Å². The van der Waals surface area contributed by atoms with E-state index < -0.39 is 0 Å². The van der Waals surface area contributed by atoms with Gasteiger partial charge < -0.3 is 0 Å². The summed E-state index contributed by atoms with van der Waals surface area (Å²) in [7, 11) is 0. The van der Waals surface area contributed by atoms with E-state index in [2.05, 4.69) is 12.1 Å². The van der Waals surface area contributed by atoms with Crippen LogP contribution in [0.3, 0.4) is 0 Å². The zero-order chi connectivity index (χ0) is 10.4. The molecule has 74 valence electrons. The van der Waals surface area contributed by atoms with Gasteiger partial charge in [-0.1, -0.05) is 35.3 Å². The molecular weight excluding hydrogens is 247 g/mol. The van der Waals surface area contributed by atoms with Gasteiger partial charge in [0.25, 0.3) is 0 Å². The molecule has 0 saturated carbocycles. The first-order valence-electron chi connectivity index (χ1n) is 4.51. The number of hydrogen-bond acceptors (Lipinski definition) is 1. The summed E-state index contributed by atoms with van der Waals surface area (Å²) in [5.41, 5.74) is 0. The Balaban J connectivity index is 2.51. The Bertz CT molecular complexity index is 599. The zero-order valence-electron chi connectivity index (χ0n) is 7.63. The van der Waals surface area contributed by atoms with Gasteiger partial charge in [-0.15, -0.1) is 11.3 Å². The predicted molar refractivity (Wildman–Crippen MR) is 69.4 cm³/mol. The molecule has 0 unspecified atom stereocenters. The number of fused-ring (bicyclic) bond motifs is 3. The highest BCUT2D eigenvalue weighted by Crippen LogP contribution is 2.36. The SMILES string of the molecule is Clc1ccc2c(c1)sc1cc(Cl)ccc12. The summed E-state index contributed by atoms with van der Waals surface area (Å²) in [6.45, 7) is 0. The van der Waals surface area contributed by atoms with Crippen LogP contribution in [0, 0.1) is 0 Å². The van der Waals surface area contributed by atoms with E-state index in [-0.39, 0.29) is 0 Å². The summed E-state index contributed by atoms with van der Waals surface area (Å²) in [5, 5.41) is 4.05. The molecular formula is C12H6Cl2S. The quantitative estimate of drug-likeness (QED) is 0.505. The minimum Gasteiger partial charge on any atom is -0.135 e. The molecule has 0 saturated heterocycles. The van der Waals surface area contributed by atoms with Crippen molar-refractivity contribution in [2.45, 2.75) is 0 Å². The van der Waals surface area contributed by atoms with Gasteiger partial charge in [0.1, 0.15) is 0 Å². The van der Waals surface area contributed by atoms with Crippen LogP contribution >= 0.6 is 34.5 Å². The fraction of sp³-hybridized carbons (Fsp3) is 0. The molecule has 15 heavy (non-hydrogen) atoms. The highest BCUT2D eigenvalue weighted by molar-refractivity contribution is 7.25. The smallest absolute Gasteiger partial charge is 0.0420 e. The molecule has 0 nitrogen and oxygen atoms in total. The highest BCUT2D eigenvalue weighted by atomic mass is 35.5. The first kappa shape index (κ1) is 9.46. The minimum atomic E-state index is 0.778. The topological polar surface area (TPSA) is 0 Å². The Kier molecular flexibility index (Phi) is 2.13. The Morgan fingerprint density at radius 3 is 1.67 bits per heavy atom. The lowest BCUT2D eigenvalue weighted by Gasteiger charge is -1.92. The standard InChI is InChI=1S/C12H6Cl2S/c13-7-1-3-9-10-4-2-8(14)6-12(10)15-11(9)5-7/h1-6H. The summed E-state index contributed by atoms with van der Waals surface area (Å²) in [5.74, 6) is 0. The average molecular weight is 253 g/mol. The Morgan fingerprint density at radius 1 is 0.733 bits per heavy atom. The van der Waals surface area contributed by atoms with E-state index in [1.807, 2.05) is 24.3 Å². The van der Waals surface area contributed by atoms with Crippen molar-refractivity contribution in [2.24, 2.45) is 0 Å². The highest BCUT2D eigenvalue weighted by Gasteiger charge is 2.05. The van der Waals surface area contributed by atoms with E-state index in [0.717, 1.165) is 10.0 Å². The molecule has 0 aliphatic carbocycles. The normalized spacial score (nSPS) is 11.3. The van der Waals surface area contributed by atoms with Crippen LogP contribution in [0.4, 0.5) is 0 Å². The van der Waals surface area contributed by atoms with Crippen LogP contribution in [0.5, 0.6) is 0 Å². The van der Waals surface area contributed by atoms with Crippen molar-refractivity contribution in [1.82, 2.24) is 0 Å². The van der Waals surface area contributed by atoms with Crippen LogP contribution in [0.25, 0.3) is 20.2 Å². The molecule has 0 N–H and O–H groups in total. The van der Waals surface area contributed by atoms with Gasteiger partial charge in [0.2, 0.25) is 0 Å². The molecule has 0 aliphatic rings. The first-order chi connectivity index (χ1) is 7.24. The summed E-state index contributed by atoms with van der Waals surface area (Å²) >= 11 is 13.6. The van der Waals surface area contributed by atoms with Gasteiger partial charge in [0, 0.05) is 30.2 Å². The first-order valence-corrected chi connectivity index (χ1v) is 6.08. The maximum Gasteiger partial charge on any atom is 0.0420 e. The summed E-state index contributed by atoms with van der Waals surface area (Å²) in [6.07, 6.45) is 0. The molecule has 2 aromatic carbocycles. The Morgan fingerprint density at radius 2 is 1.20 bits per heavy atom. The largest absolute Gasteiger partial charge is 0.135 e. The lowest BCUT2D eigenvalue weighted by Crippen LogP contribution is -1.66. The second-order valence-electron chi connectivity index (χ2n) is 3.38. The predicted octanol–water partition coefficient (Wildman–Crippen LogP) is 5.36. The Labute approximate surface area is 101 Å². The fourth-order valence-electron chi connectivity index (χ4n) is 1.72. The van der Waals surface area contributed by atoms with Gasteiger partial charge in [-0.2, -0.15) is 0 Å². The maximum atomic E-state index is 5.96. The van der Waals surface area contributed by atoms with Crippen LogP contribution in [-0.4, -0.2) is 0 Å². The van der Waals surface area contributed by atoms with E-state index in [0.29, 0.717) is 0 Å². The third kappa shape index (κ3) is 1.51. The molecule has 1 aromatic heterocycles. The number of thiophene rings is 1. The van der Waals surface area contributed by atoms with Crippen molar-refractivity contribution < 1.29 is 0 Å². The van der Waals surface area contributed by atoms with Crippen LogP contribution in [0.1, 0.15) is 0 Å². The van der Waals surface area contributed by atoms with Gasteiger partial charge in [0.15, 0.2) is 0 Å². The molecule has 3 aromatic rings. The lowest BCUT2D eigenvalue weighted by molar-refractivity contribution is 1.83. The molecule has 0 fully saturated rings. The van der Waals surface area contributed by atoms with Gasteiger partial charge in [0.05, 0.1) is 0 Å². The van der Waals surface area contributed by atoms with E-state index in [9.17, 15) is 0 Å². The number of halogens is 2. The van der Waals surface area contributed by atoms with E-state index in [4.69, 9.17) is 23.2 Å². The van der Waals surface area contributed by atoms with Gasteiger partial charge in [-0.05, 0) is 24.3 Å². The molecule has 0 radical (unpaired) electrons. The van der Waals surface area contributed by atoms with Crippen LogP contribution < -0.4 is 0 Å². The Hall–Kier alpha value is -0.760. The molecule has 0 bridgehead atoms. The second-order valence-corrected chi connectivity index (χ2v) is 5.34. The van der Waals surface area contributed by atoms with Crippen molar-refractivity contribution in [2.75, 3.05) is 0 Å². The van der Waals surface area contributed by atoms with Crippen LogP contribution in [0.2, 0.25) is 10.0 Å². The van der Waals surface area contributed by atoms with E-state index in [1.165, 1.54) is 20.2 Å². The summed E-state index contributed by atoms with van der Waals surface area (Å²) in [4.78, 5) is 0. The third-order valence-electron chi connectivity index (χ3n) is 2.40. The van der Waals surface area contributed by atoms with Crippen molar-refractivity contribution in [3.05, 3.63) is 46.4 Å². The fourth-order valence-corrected chi connectivity index (χ4v) is 3.38. The molecule has 1 heterocycles. The van der Waals surface area contributed by atoms with E-state index >= 15 is 0 Å². The number of benzene rings is 2. The van der Waals surface area contributed by atoms with Gasteiger partial charge >= 0.3 is 0 Å². The zero-order valence-corrected chi connectivity index (χ0v) is 9.96. The molecule has 0 atom stereocenters. The summed E-state index contributed by atoms with van der Waals surface area (Å²) in [6, 6.07) is 12.0. The molecule has 0 amide bonds. The molecule has 0 aliphatic heterocycles. The van der Waals surface area contributed by atoms with Crippen molar-refractivity contribution in [3.8, 4) is 0 Å². The van der Waals surface area contributed by atoms with Crippen molar-refractivity contribution >= 4 is 54.7 Å². The summed E-state index contributed by atoms with van der Waals surface area (Å²) < 4.78 is 2.42. The monoisotopic (exact) mass is 252 g/mol. The van der Waals surface area contributed by atoms with E-state index in [1.54, 1.807) is 11.3 Å². The van der Waals surface area contributed by atoms with Crippen molar-refractivity contribution in [1.29, 1.82) is 0 Å². The second kappa shape index (κ2) is 3.38. The molecule has 0 spiro atoms. The molecule has 3 rings (SSSR count). The third-order valence-corrected chi connectivity index (χ3v) is 3.98. The van der Waals surface area contributed by atoms with Crippen molar-refractivity contribution in [3.63, 3.8) is 0 Å². The maximum absolute atomic E-state index is 5.96. The van der Waals surface area contributed by atoms with Crippen LogP contribution in [-0.2, 0) is 0 Å². The average Bonchev–Trinajstić information content (AvgIpc) is 2.53.